The summed E-state index contributed by atoms with van der Waals surface area (Å²) in [7, 11) is 1.64. The smallest absolute Gasteiger partial charge is 0.174 e. The molecule has 0 aliphatic rings. The molecule has 4 heterocycles. The minimum Gasteiger partial charge on any atom is -0.497 e. The fourth-order valence-corrected chi connectivity index (χ4v) is 4.06. The van der Waals surface area contributed by atoms with Crippen LogP contribution in [0.3, 0.4) is 0 Å². The van der Waals surface area contributed by atoms with E-state index in [1.165, 1.54) is 0 Å². The van der Waals surface area contributed by atoms with Gasteiger partial charge >= 0.3 is 0 Å². The van der Waals surface area contributed by atoms with Crippen LogP contribution in [-0.4, -0.2) is 36.9 Å². The van der Waals surface area contributed by atoms with Crippen LogP contribution < -0.4 is 4.74 Å². The maximum absolute atomic E-state index is 13.5. The quantitative estimate of drug-likeness (QED) is 0.390. The molecule has 4 aromatic heterocycles. The summed E-state index contributed by atoms with van der Waals surface area (Å²) < 4.78 is 9.00. The molecule has 5 aromatic rings. The standard InChI is InChI=1S/C25H23N5O2/c1-15-5-10-23-28-24(18-6-8-19(32-4)9-7-18)21(29(23)14-15)12-22(31)20-13-26-30-17(3)11-16(2)27-25(20)30/h5-11,13-14H,12H2,1-4H3. The molecule has 0 aliphatic carbocycles. The van der Waals surface area contributed by atoms with Gasteiger partial charge in [0.05, 0.1) is 36.7 Å². The summed E-state index contributed by atoms with van der Waals surface area (Å²) in [6.45, 7) is 5.90. The first-order valence-corrected chi connectivity index (χ1v) is 10.4. The third kappa shape index (κ3) is 3.32. The van der Waals surface area contributed by atoms with E-state index in [1.807, 2.05) is 73.8 Å². The predicted octanol–water partition coefficient (Wildman–Crippen LogP) is 4.40. The van der Waals surface area contributed by atoms with E-state index in [2.05, 4.69) is 10.1 Å². The largest absolute Gasteiger partial charge is 0.497 e. The van der Waals surface area contributed by atoms with Crippen LogP contribution in [0.4, 0.5) is 0 Å². The maximum atomic E-state index is 13.5. The molecule has 0 aliphatic heterocycles. The number of pyridine rings is 1. The maximum Gasteiger partial charge on any atom is 0.174 e. The van der Waals surface area contributed by atoms with Crippen molar-refractivity contribution in [1.29, 1.82) is 0 Å². The van der Waals surface area contributed by atoms with Crippen LogP contribution in [0.15, 0.2) is 54.9 Å². The minimum absolute atomic E-state index is 0.0458. The second-order valence-electron chi connectivity index (χ2n) is 8.00. The minimum atomic E-state index is -0.0458. The predicted molar refractivity (Wildman–Crippen MR) is 122 cm³/mol. The molecule has 0 bridgehead atoms. The van der Waals surface area contributed by atoms with Gasteiger partial charge in [0.15, 0.2) is 11.4 Å². The summed E-state index contributed by atoms with van der Waals surface area (Å²) in [4.78, 5) is 22.9. The zero-order chi connectivity index (χ0) is 22.4. The lowest BCUT2D eigenvalue weighted by Crippen LogP contribution is -2.08. The highest BCUT2D eigenvalue weighted by Gasteiger charge is 2.21. The van der Waals surface area contributed by atoms with E-state index in [-0.39, 0.29) is 12.2 Å². The lowest BCUT2D eigenvalue weighted by atomic mass is 10.0. The first-order chi connectivity index (χ1) is 15.4. The molecule has 0 radical (unpaired) electrons. The van der Waals surface area contributed by atoms with Gasteiger partial charge < -0.3 is 9.14 Å². The van der Waals surface area contributed by atoms with Crippen molar-refractivity contribution in [3.63, 3.8) is 0 Å². The topological polar surface area (TPSA) is 73.8 Å². The number of hydrogen-bond acceptors (Lipinski definition) is 5. The van der Waals surface area contributed by atoms with Crippen molar-refractivity contribution in [2.75, 3.05) is 7.11 Å². The molecule has 1 aromatic carbocycles. The van der Waals surface area contributed by atoms with Crippen molar-refractivity contribution in [3.05, 3.63) is 83.1 Å². The number of aromatic nitrogens is 5. The second kappa shape index (κ2) is 7.60. The average molecular weight is 425 g/mol. The Hall–Kier alpha value is -4.00. The highest BCUT2D eigenvalue weighted by Crippen LogP contribution is 2.28. The molecule has 7 heteroatoms. The van der Waals surface area contributed by atoms with Gasteiger partial charge in [-0.2, -0.15) is 5.10 Å². The molecule has 0 saturated heterocycles. The summed E-state index contributed by atoms with van der Waals surface area (Å²) >= 11 is 0. The van der Waals surface area contributed by atoms with Gasteiger partial charge in [-0.25, -0.2) is 14.5 Å². The van der Waals surface area contributed by atoms with Crippen molar-refractivity contribution in [2.45, 2.75) is 27.2 Å². The van der Waals surface area contributed by atoms with Gasteiger partial charge in [-0.05, 0) is 62.7 Å². The molecule has 7 nitrogen and oxygen atoms in total. The Balaban J connectivity index is 1.63. The second-order valence-corrected chi connectivity index (χ2v) is 8.00. The summed E-state index contributed by atoms with van der Waals surface area (Å²) in [6.07, 6.45) is 3.81. The molecule has 0 unspecified atom stereocenters. The van der Waals surface area contributed by atoms with E-state index in [4.69, 9.17) is 9.72 Å². The fraction of sp³-hybridized carbons (Fsp3) is 0.200. The zero-order valence-corrected chi connectivity index (χ0v) is 18.5. The summed E-state index contributed by atoms with van der Waals surface area (Å²) in [5, 5.41) is 4.38. The van der Waals surface area contributed by atoms with Gasteiger partial charge in [-0.1, -0.05) is 6.07 Å². The number of imidazole rings is 1. The van der Waals surface area contributed by atoms with Crippen molar-refractivity contribution in [2.24, 2.45) is 0 Å². The highest BCUT2D eigenvalue weighted by molar-refractivity contribution is 6.03. The van der Waals surface area contributed by atoms with E-state index in [0.29, 0.717) is 11.2 Å². The van der Waals surface area contributed by atoms with Crippen LogP contribution in [0.1, 0.15) is 33.0 Å². The molecule has 0 saturated carbocycles. The van der Waals surface area contributed by atoms with Gasteiger partial charge in [0, 0.05) is 23.1 Å². The number of fused-ring (bicyclic) bond motifs is 2. The number of rotatable bonds is 5. The number of ether oxygens (including phenoxy) is 1. The molecule has 0 fully saturated rings. The molecule has 0 atom stereocenters. The van der Waals surface area contributed by atoms with Crippen molar-refractivity contribution >= 4 is 17.1 Å². The summed E-state index contributed by atoms with van der Waals surface area (Å²) in [5.41, 5.74) is 7.33. The molecular weight excluding hydrogens is 402 g/mol. The first kappa shape index (κ1) is 19.9. The third-order valence-corrected chi connectivity index (χ3v) is 5.64. The van der Waals surface area contributed by atoms with Crippen LogP contribution in [-0.2, 0) is 6.42 Å². The van der Waals surface area contributed by atoms with E-state index in [0.717, 1.165) is 45.3 Å². The molecule has 160 valence electrons. The SMILES string of the molecule is COc1ccc(-c2nc3ccc(C)cn3c2CC(=O)c2cnn3c(C)cc(C)nc23)cc1. The molecule has 32 heavy (non-hydrogen) atoms. The number of Topliss-reactive ketones (excluding diaryl/α,β-unsaturated/α-hetero) is 1. The van der Waals surface area contributed by atoms with Crippen molar-refractivity contribution in [1.82, 2.24) is 24.0 Å². The van der Waals surface area contributed by atoms with Crippen LogP contribution in [0, 0.1) is 20.8 Å². The van der Waals surface area contributed by atoms with Gasteiger partial charge in [-0.3, -0.25) is 4.79 Å². The Morgan fingerprint density at radius 1 is 1.03 bits per heavy atom. The molecule has 0 spiro atoms. The van der Waals surface area contributed by atoms with Gasteiger partial charge in [-0.15, -0.1) is 0 Å². The zero-order valence-electron chi connectivity index (χ0n) is 18.5. The van der Waals surface area contributed by atoms with Crippen molar-refractivity contribution < 1.29 is 9.53 Å². The number of carbonyl (C=O) groups excluding carboxylic acids is 1. The van der Waals surface area contributed by atoms with Gasteiger partial charge in [0.1, 0.15) is 11.4 Å². The molecule has 0 N–H and O–H groups in total. The Morgan fingerprint density at radius 3 is 2.56 bits per heavy atom. The first-order valence-electron chi connectivity index (χ1n) is 10.4. The average Bonchev–Trinajstić information content (AvgIpc) is 3.36. The number of benzene rings is 1. The third-order valence-electron chi connectivity index (χ3n) is 5.64. The Labute approximate surface area is 185 Å². The Morgan fingerprint density at radius 2 is 1.81 bits per heavy atom. The lowest BCUT2D eigenvalue weighted by molar-refractivity contribution is 0.0993. The summed E-state index contributed by atoms with van der Waals surface area (Å²) in [5.74, 6) is 0.727. The van der Waals surface area contributed by atoms with E-state index < -0.39 is 0 Å². The summed E-state index contributed by atoms with van der Waals surface area (Å²) in [6, 6.07) is 13.7. The highest BCUT2D eigenvalue weighted by atomic mass is 16.5. The lowest BCUT2D eigenvalue weighted by Gasteiger charge is -2.07. The molecule has 5 rings (SSSR count). The number of methoxy groups -OCH3 is 1. The molecular formula is C25H23N5O2. The Kier molecular flexibility index (Phi) is 4.74. The molecule has 0 amide bonds. The Bertz CT molecular complexity index is 1480. The fourth-order valence-electron chi connectivity index (χ4n) is 4.06. The number of carbonyl (C=O) groups is 1. The van der Waals surface area contributed by atoms with E-state index >= 15 is 0 Å². The normalized spacial score (nSPS) is 11.4. The van der Waals surface area contributed by atoms with E-state index in [1.54, 1.807) is 17.8 Å². The van der Waals surface area contributed by atoms with Gasteiger partial charge in [0.2, 0.25) is 0 Å². The number of ketones is 1. The van der Waals surface area contributed by atoms with Crippen LogP contribution in [0.5, 0.6) is 5.75 Å². The van der Waals surface area contributed by atoms with E-state index in [9.17, 15) is 4.79 Å². The monoisotopic (exact) mass is 425 g/mol. The van der Waals surface area contributed by atoms with Gasteiger partial charge in [0.25, 0.3) is 0 Å². The number of hydrogen-bond donors (Lipinski definition) is 0. The number of nitrogens with zero attached hydrogens (tertiary/aromatic N) is 5. The van der Waals surface area contributed by atoms with Crippen LogP contribution in [0.2, 0.25) is 0 Å². The number of aryl methyl sites for hydroxylation is 3. The van der Waals surface area contributed by atoms with Crippen molar-refractivity contribution in [3.8, 4) is 17.0 Å². The van der Waals surface area contributed by atoms with Crippen LogP contribution in [0.25, 0.3) is 22.6 Å². The van der Waals surface area contributed by atoms with Crippen LogP contribution >= 0.6 is 0 Å².